The van der Waals surface area contributed by atoms with Crippen LogP contribution >= 0.6 is 0 Å². The van der Waals surface area contributed by atoms with Crippen molar-refractivity contribution >= 4 is 0 Å². The maximum absolute atomic E-state index is 9.84. The van der Waals surface area contributed by atoms with Gasteiger partial charge in [-0.05, 0) is 31.1 Å². The van der Waals surface area contributed by atoms with E-state index >= 15 is 0 Å². The Morgan fingerprint density at radius 2 is 1.55 bits per heavy atom. The number of aliphatic hydroxyl groups excluding tert-OH is 2. The van der Waals surface area contributed by atoms with Crippen LogP contribution in [0.2, 0.25) is 0 Å². The molecule has 0 saturated heterocycles. The second kappa shape index (κ2) is 9.72. The lowest BCUT2D eigenvalue weighted by Gasteiger charge is -2.23. The fourth-order valence-electron chi connectivity index (χ4n) is 2.26. The smallest absolute Gasteiger partial charge is 0.0897 e. The average molecular weight is 289 g/mol. The molecule has 0 radical (unpaired) electrons. The topological polar surface area (TPSA) is 61.7 Å². The van der Waals surface area contributed by atoms with Gasteiger partial charge in [-0.3, -0.25) is 0 Å². The van der Waals surface area contributed by atoms with Crippen molar-refractivity contribution in [1.29, 1.82) is 0 Å². The number of ether oxygens (including phenoxy) is 1. The normalized spacial score (nSPS) is 17.2. The highest BCUT2D eigenvalue weighted by Crippen LogP contribution is 2.20. The van der Waals surface area contributed by atoms with Crippen LogP contribution in [0.5, 0.6) is 0 Å². The molecule has 0 aromatic carbocycles. The van der Waals surface area contributed by atoms with Crippen LogP contribution in [0.3, 0.4) is 0 Å². The number of nitrogens with one attached hydrogen (secondary N) is 1. The SMILES string of the molecule is CC(C)CC(C)OCC(O)CNCC(O)CC(C)(C)C. The molecular weight excluding hydrogens is 254 g/mol. The summed E-state index contributed by atoms with van der Waals surface area (Å²) in [6.07, 6.45) is 1.04. The Balaban J connectivity index is 3.65. The van der Waals surface area contributed by atoms with Gasteiger partial charge in [0.05, 0.1) is 24.9 Å². The zero-order valence-electron chi connectivity index (χ0n) is 14.1. The van der Waals surface area contributed by atoms with E-state index in [4.69, 9.17) is 4.74 Å². The largest absolute Gasteiger partial charge is 0.392 e. The Bertz CT molecular complexity index is 238. The van der Waals surface area contributed by atoms with Crippen molar-refractivity contribution in [2.45, 2.75) is 72.7 Å². The predicted molar refractivity (Wildman–Crippen MR) is 83.8 cm³/mol. The van der Waals surface area contributed by atoms with Crippen LogP contribution in [-0.2, 0) is 4.74 Å². The van der Waals surface area contributed by atoms with Gasteiger partial charge in [-0.15, -0.1) is 0 Å². The summed E-state index contributed by atoms with van der Waals surface area (Å²) >= 11 is 0. The maximum Gasteiger partial charge on any atom is 0.0897 e. The molecule has 3 unspecified atom stereocenters. The highest BCUT2D eigenvalue weighted by Gasteiger charge is 2.16. The second-order valence-electron chi connectivity index (χ2n) is 7.50. The molecule has 0 aliphatic carbocycles. The van der Waals surface area contributed by atoms with Gasteiger partial charge in [-0.2, -0.15) is 0 Å². The van der Waals surface area contributed by atoms with Crippen LogP contribution in [0.25, 0.3) is 0 Å². The van der Waals surface area contributed by atoms with E-state index in [1.54, 1.807) is 0 Å². The summed E-state index contributed by atoms with van der Waals surface area (Å²) in [7, 11) is 0. The fourth-order valence-corrected chi connectivity index (χ4v) is 2.26. The molecule has 4 heteroatoms. The Kier molecular flexibility index (Phi) is 9.64. The summed E-state index contributed by atoms with van der Waals surface area (Å²) in [5.41, 5.74) is 0.120. The molecule has 0 aliphatic heterocycles. The number of aliphatic hydroxyl groups is 2. The third-order valence-corrected chi connectivity index (χ3v) is 2.98. The summed E-state index contributed by atoms with van der Waals surface area (Å²) in [6, 6.07) is 0. The highest BCUT2D eigenvalue weighted by atomic mass is 16.5. The lowest BCUT2D eigenvalue weighted by atomic mass is 9.89. The molecule has 0 spiro atoms. The molecule has 3 N–H and O–H groups in total. The van der Waals surface area contributed by atoms with E-state index in [-0.39, 0.29) is 17.6 Å². The Morgan fingerprint density at radius 3 is 2.05 bits per heavy atom. The zero-order chi connectivity index (χ0) is 15.8. The van der Waals surface area contributed by atoms with Crippen molar-refractivity contribution in [2.24, 2.45) is 11.3 Å². The molecular formula is C16H35NO3. The number of hydrogen-bond acceptors (Lipinski definition) is 4. The van der Waals surface area contributed by atoms with Gasteiger partial charge in [0.25, 0.3) is 0 Å². The van der Waals surface area contributed by atoms with E-state index in [1.807, 2.05) is 6.92 Å². The van der Waals surface area contributed by atoms with Crippen molar-refractivity contribution in [3.05, 3.63) is 0 Å². The van der Waals surface area contributed by atoms with E-state index in [0.29, 0.717) is 25.6 Å². The molecule has 3 atom stereocenters. The minimum atomic E-state index is -0.522. The minimum Gasteiger partial charge on any atom is -0.392 e. The van der Waals surface area contributed by atoms with Crippen LogP contribution < -0.4 is 5.32 Å². The molecule has 0 aromatic heterocycles. The molecule has 0 fully saturated rings. The van der Waals surface area contributed by atoms with Crippen molar-refractivity contribution in [2.75, 3.05) is 19.7 Å². The van der Waals surface area contributed by atoms with E-state index < -0.39 is 6.10 Å². The van der Waals surface area contributed by atoms with Crippen LogP contribution in [0.1, 0.15) is 54.4 Å². The molecule has 20 heavy (non-hydrogen) atoms. The fraction of sp³-hybridized carbons (Fsp3) is 1.00. The Hall–Kier alpha value is -0.160. The van der Waals surface area contributed by atoms with Crippen molar-refractivity contribution in [1.82, 2.24) is 5.32 Å². The summed E-state index contributed by atoms with van der Waals surface area (Å²) in [5, 5.41) is 22.7. The highest BCUT2D eigenvalue weighted by molar-refractivity contribution is 4.71. The van der Waals surface area contributed by atoms with Gasteiger partial charge < -0.3 is 20.3 Å². The Labute approximate surface area is 124 Å². The van der Waals surface area contributed by atoms with Crippen molar-refractivity contribution < 1.29 is 14.9 Å². The molecule has 0 aromatic rings. The van der Waals surface area contributed by atoms with E-state index in [1.165, 1.54) is 0 Å². The first kappa shape index (κ1) is 19.8. The summed E-state index contributed by atoms with van der Waals surface area (Å²) in [6.45, 7) is 14.0. The summed E-state index contributed by atoms with van der Waals surface area (Å²) in [4.78, 5) is 0. The average Bonchev–Trinajstić information content (AvgIpc) is 2.22. The first-order chi connectivity index (χ1) is 9.10. The molecule has 0 aliphatic rings. The molecule has 0 saturated carbocycles. The number of hydrogen-bond donors (Lipinski definition) is 3. The molecule has 0 rings (SSSR count). The standard InChI is InChI=1S/C16H35NO3/c1-12(2)7-13(3)20-11-15(19)10-17-9-14(18)8-16(4,5)6/h12-15,17-19H,7-11H2,1-6H3. The molecule has 0 amide bonds. The van der Waals surface area contributed by atoms with E-state index in [9.17, 15) is 10.2 Å². The lowest BCUT2D eigenvalue weighted by Crippen LogP contribution is -2.37. The molecule has 4 nitrogen and oxygen atoms in total. The van der Waals surface area contributed by atoms with Gasteiger partial charge in [0.1, 0.15) is 0 Å². The molecule has 0 bridgehead atoms. The first-order valence-corrected chi connectivity index (χ1v) is 7.78. The second-order valence-corrected chi connectivity index (χ2v) is 7.50. The number of rotatable bonds is 10. The van der Waals surface area contributed by atoms with Gasteiger partial charge in [-0.25, -0.2) is 0 Å². The van der Waals surface area contributed by atoms with Gasteiger partial charge in [0, 0.05) is 13.1 Å². The van der Waals surface area contributed by atoms with Crippen LogP contribution in [-0.4, -0.2) is 48.2 Å². The van der Waals surface area contributed by atoms with E-state index in [2.05, 4.69) is 39.9 Å². The van der Waals surface area contributed by atoms with Crippen LogP contribution in [0, 0.1) is 11.3 Å². The van der Waals surface area contributed by atoms with Crippen LogP contribution in [0.4, 0.5) is 0 Å². The monoisotopic (exact) mass is 289 g/mol. The molecule has 0 heterocycles. The zero-order valence-corrected chi connectivity index (χ0v) is 14.1. The third-order valence-electron chi connectivity index (χ3n) is 2.98. The first-order valence-electron chi connectivity index (χ1n) is 7.78. The Morgan fingerprint density at radius 1 is 1.00 bits per heavy atom. The molecule has 122 valence electrons. The van der Waals surface area contributed by atoms with Gasteiger partial charge in [0.2, 0.25) is 0 Å². The van der Waals surface area contributed by atoms with Gasteiger partial charge in [-0.1, -0.05) is 34.6 Å². The van der Waals surface area contributed by atoms with E-state index in [0.717, 1.165) is 12.8 Å². The van der Waals surface area contributed by atoms with Crippen molar-refractivity contribution in [3.63, 3.8) is 0 Å². The van der Waals surface area contributed by atoms with Crippen LogP contribution in [0.15, 0.2) is 0 Å². The minimum absolute atomic E-state index is 0.120. The summed E-state index contributed by atoms with van der Waals surface area (Å²) in [5.74, 6) is 0.604. The predicted octanol–water partition coefficient (Wildman–Crippen LogP) is 2.19. The quantitative estimate of drug-likeness (QED) is 0.577. The van der Waals surface area contributed by atoms with Gasteiger partial charge >= 0.3 is 0 Å². The maximum atomic E-state index is 9.84. The third kappa shape index (κ3) is 12.9. The lowest BCUT2D eigenvalue weighted by molar-refractivity contribution is -0.00955. The van der Waals surface area contributed by atoms with Crippen molar-refractivity contribution in [3.8, 4) is 0 Å². The van der Waals surface area contributed by atoms with Gasteiger partial charge in [0.15, 0.2) is 0 Å². The summed E-state index contributed by atoms with van der Waals surface area (Å²) < 4.78 is 5.60.